The molecular formula is C22H17ClN2O4. The van der Waals surface area contributed by atoms with E-state index in [0.717, 1.165) is 17.2 Å². The summed E-state index contributed by atoms with van der Waals surface area (Å²) in [5.41, 5.74) is 2.77. The lowest BCUT2D eigenvalue weighted by Crippen LogP contribution is -2.17. The van der Waals surface area contributed by atoms with E-state index >= 15 is 0 Å². The molecular weight excluding hydrogens is 392 g/mol. The lowest BCUT2D eigenvalue weighted by Gasteiger charge is -2.11. The second-order valence-corrected chi connectivity index (χ2v) is 6.96. The van der Waals surface area contributed by atoms with Gasteiger partial charge in [-0.25, -0.2) is 0 Å². The molecule has 1 amide bonds. The number of hydrogen-bond acceptors (Lipinski definition) is 4. The van der Waals surface area contributed by atoms with Crippen molar-refractivity contribution in [2.45, 2.75) is 13.8 Å². The third-order valence-corrected chi connectivity index (χ3v) is 4.91. The van der Waals surface area contributed by atoms with E-state index in [-0.39, 0.29) is 27.4 Å². The summed E-state index contributed by atoms with van der Waals surface area (Å²) in [5, 5.41) is 13.8. The van der Waals surface area contributed by atoms with Crippen molar-refractivity contribution in [3.05, 3.63) is 104 Å². The van der Waals surface area contributed by atoms with Crippen molar-refractivity contribution >= 4 is 34.7 Å². The molecule has 0 unspecified atom stereocenters. The second-order valence-electron chi connectivity index (χ2n) is 6.55. The Kier molecular flexibility index (Phi) is 5.75. The van der Waals surface area contributed by atoms with Crippen molar-refractivity contribution in [2.24, 2.45) is 0 Å². The molecule has 0 radical (unpaired) electrons. The Labute approximate surface area is 172 Å². The molecule has 0 atom stereocenters. The van der Waals surface area contributed by atoms with Crippen molar-refractivity contribution in [1.29, 1.82) is 0 Å². The van der Waals surface area contributed by atoms with Gasteiger partial charge >= 0.3 is 0 Å². The molecule has 3 rings (SSSR count). The molecule has 0 heterocycles. The van der Waals surface area contributed by atoms with Crippen molar-refractivity contribution in [1.82, 2.24) is 0 Å². The standard InChI is InChI=1S/C22H17ClN2O4/c1-13-7-9-16(11-14(13)2)24-22(27)18-6-4-3-5-17(18)21(26)15-8-10-19(23)20(12-15)25(28)29/h3-12H,1-2H3,(H,24,27). The Morgan fingerprint density at radius 1 is 0.931 bits per heavy atom. The second kappa shape index (κ2) is 8.24. The van der Waals surface area contributed by atoms with Crippen LogP contribution in [-0.2, 0) is 0 Å². The molecule has 0 fully saturated rings. The summed E-state index contributed by atoms with van der Waals surface area (Å²) < 4.78 is 0. The van der Waals surface area contributed by atoms with Crippen LogP contribution in [0.25, 0.3) is 0 Å². The average molecular weight is 409 g/mol. The highest BCUT2D eigenvalue weighted by atomic mass is 35.5. The zero-order valence-corrected chi connectivity index (χ0v) is 16.5. The molecule has 0 spiro atoms. The van der Waals surface area contributed by atoms with E-state index in [1.54, 1.807) is 18.2 Å². The number of carbonyl (C=O) groups is 2. The first-order chi connectivity index (χ1) is 13.8. The first kappa shape index (κ1) is 20.2. The molecule has 146 valence electrons. The Morgan fingerprint density at radius 2 is 1.62 bits per heavy atom. The van der Waals surface area contributed by atoms with Crippen LogP contribution in [0.2, 0.25) is 5.02 Å². The fourth-order valence-electron chi connectivity index (χ4n) is 2.85. The van der Waals surface area contributed by atoms with Gasteiger partial charge in [0.1, 0.15) is 5.02 Å². The molecule has 3 aromatic carbocycles. The van der Waals surface area contributed by atoms with E-state index < -0.39 is 16.6 Å². The summed E-state index contributed by atoms with van der Waals surface area (Å²) >= 11 is 5.82. The smallest absolute Gasteiger partial charge is 0.288 e. The van der Waals surface area contributed by atoms with Gasteiger partial charge in [0.25, 0.3) is 11.6 Å². The van der Waals surface area contributed by atoms with Gasteiger partial charge in [-0.3, -0.25) is 19.7 Å². The predicted octanol–water partition coefficient (Wildman–Crippen LogP) is 5.35. The van der Waals surface area contributed by atoms with Crippen LogP contribution in [0.5, 0.6) is 0 Å². The zero-order chi connectivity index (χ0) is 21.1. The quantitative estimate of drug-likeness (QED) is 0.350. The summed E-state index contributed by atoms with van der Waals surface area (Å²) in [6, 6.07) is 15.7. The summed E-state index contributed by atoms with van der Waals surface area (Å²) in [6.45, 7) is 3.91. The number of anilines is 1. The van der Waals surface area contributed by atoms with Gasteiger partial charge in [-0.1, -0.05) is 35.9 Å². The van der Waals surface area contributed by atoms with Gasteiger partial charge in [-0.2, -0.15) is 0 Å². The monoisotopic (exact) mass is 408 g/mol. The van der Waals surface area contributed by atoms with Gasteiger partial charge in [-0.15, -0.1) is 0 Å². The first-order valence-corrected chi connectivity index (χ1v) is 9.12. The fraction of sp³-hybridized carbons (Fsp3) is 0.0909. The van der Waals surface area contributed by atoms with Crippen molar-refractivity contribution < 1.29 is 14.5 Å². The van der Waals surface area contributed by atoms with E-state index in [1.165, 1.54) is 24.3 Å². The molecule has 6 nitrogen and oxygen atoms in total. The third-order valence-electron chi connectivity index (χ3n) is 4.59. The highest BCUT2D eigenvalue weighted by Crippen LogP contribution is 2.27. The Hall–Kier alpha value is -3.51. The maximum absolute atomic E-state index is 13.0. The van der Waals surface area contributed by atoms with Crippen LogP contribution in [0.4, 0.5) is 11.4 Å². The highest BCUT2D eigenvalue weighted by molar-refractivity contribution is 6.33. The lowest BCUT2D eigenvalue weighted by molar-refractivity contribution is -0.384. The number of aryl methyl sites for hydroxylation is 2. The Bertz CT molecular complexity index is 1140. The molecule has 7 heteroatoms. The summed E-state index contributed by atoms with van der Waals surface area (Å²) in [4.78, 5) is 36.2. The molecule has 3 aromatic rings. The van der Waals surface area contributed by atoms with Gasteiger partial charge in [0.05, 0.1) is 10.5 Å². The maximum Gasteiger partial charge on any atom is 0.288 e. The summed E-state index contributed by atoms with van der Waals surface area (Å²) in [5.74, 6) is -0.948. The Morgan fingerprint density at radius 3 is 2.28 bits per heavy atom. The SMILES string of the molecule is Cc1ccc(NC(=O)c2ccccc2C(=O)c2ccc(Cl)c([N+](=O)[O-])c2)cc1C. The first-order valence-electron chi connectivity index (χ1n) is 8.74. The Balaban J connectivity index is 1.95. The number of amides is 1. The number of benzene rings is 3. The minimum atomic E-state index is -0.655. The predicted molar refractivity (Wildman–Crippen MR) is 112 cm³/mol. The van der Waals surface area contributed by atoms with Crippen LogP contribution in [0.15, 0.2) is 60.7 Å². The van der Waals surface area contributed by atoms with Gasteiger partial charge in [-0.05, 0) is 55.3 Å². The number of nitro benzene ring substituents is 1. The van der Waals surface area contributed by atoms with Crippen LogP contribution in [0.1, 0.15) is 37.4 Å². The molecule has 0 aliphatic carbocycles. The van der Waals surface area contributed by atoms with E-state index in [2.05, 4.69) is 5.32 Å². The van der Waals surface area contributed by atoms with Crippen molar-refractivity contribution in [3.63, 3.8) is 0 Å². The normalized spacial score (nSPS) is 10.4. The molecule has 0 saturated carbocycles. The number of rotatable bonds is 5. The van der Waals surface area contributed by atoms with Gasteiger partial charge < -0.3 is 5.32 Å². The molecule has 1 N–H and O–H groups in total. The third kappa shape index (κ3) is 4.33. The van der Waals surface area contributed by atoms with E-state index in [1.807, 2.05) is 26.0 Å². The van der Waals surface area contributed by atoms with E-state index in [0.29, 0.717) is 5.69 Å². The van der Waals surface area contributed by atoms with E-state index in [4.69, 9.17) is 11.6 Å². The van der Waals surface area contributed by atoms with Crippen LogP contribution in [-0.4, -0.2) is 16.6 Å². The molecule has 0 aliphatic rings. The molecule has 29 heavy (non-hydrogen) atoms. The summed E-state index contributed by atoms with van der Waals surface area (Å²) in [7, 11) is 0. The van der Waals surface area contributed by atoms with Crippen LogP contribution >= 0.6 is 11.6 Å². The zero-order valence-electron chi connectivity index (χ0n) is 15.7. The van der Waals surface area contributed by atoms with Crippen LogP contribution in [0, 0.1) is 24.0 Å². The topological polar surface area (TPSA) is 89.3 Å². The number of ketones is 1. The van der Waals surface area contributed by atoms with Crippen molar-refractivity contribution in [3.8, 4) is 0 Å². The lowest BCUT2D eigenvalue weighted by atomic mass is 9.97. The number of halogens is 1. The minimum absolute atomic E-state index is 0.0627. The minimum Gasteiger partial charge on any atom is -0.322 e. The van der Waals surface area contributed by atoms with Gasteiger partial charge in [0.2, 0.25) is 0 Å². The van der Waals surface area contributed by atoms with Gasteiger partial charge in [0.15, 0.2) is 5.78 Å². The molecule has 0 aliphatic heterocycles. The van der Waals surface area contributed by atoms with E-state index in [9.17, 15) is 19.7 Å². The van der Waals surface area contributed by atoms with Crippen LogP contribution < -0.4 is 5.32 Å². The number of nitrogens with one attached hydrogen (secondary N) is 1. The molecule has 0 saturated heterocycles. The fourth-order valence-corrected chi connectivity index (χ4v) is 3.03. The molecule has 0 aromatic heterocycles. The number of nitrogens with zero attached hydrogens (tertiary/aromatic N) is 1. The maximum atomic E-state index is 13.0. The average Bonchev–Trinajstić information content (AvgIpc) is 2.70. The number of nitro groups is 1. The van der Waals surface area contributed by atoms with Crippen molar-refractivity contribution in [2.75, 3.05) is 5.32 Å². The van der Waals surface area contributed by atoms with Gasteiger partial charge in [0, 0.05) is 22.9 Å². The number of hydrogen-bond donors (Lipinski definition) is 1. The number of carbonyl (C=O) groups excluding carboxylic acids is 2. The summed E-state index contributed by atoms with van der Waals surface area (Å²) in [6.07, 6.45) is 0. The van der Waals surface area contributed by atoms with Crippen LogP contribution in [0.3, 0.4) is 0 Å². The largest absolute Gasteiger partial charge is 0.322 e. The molecule has 0 bridgehead atoms. The highest BCUT2D eigenvalue weighted by Gasteiger charge is 2.21.